The molecule has 1 aromatic heterocycles. The zero-order valence-electron chi connectivity index (χ0n) is 36.1. The fraction of sp³-hybridized carbons (Fsp3) is 0.0667. The first-order valence-corrected chi connectivity index (χ1v) is 22.5. The Bertz CT molecular complexity index is 3620. The van der Waals surface area contributed by atoms with Gasteiger partial charge in [-0.3, -0.25) is 0 Å². The molecular formula is C60H44BN3. The van der Waals surface area contributed by atoms with Crippen LogP contribution in [0.1, 0.15) is 26.3 Å². The Labute approximate surface area is 374 Å². The summed E-state index contributed by atoms with van der Waals surface area (Å²) in [5.74, 6) is 0. The van der Waals surface area contributed by atoms with E-state index in [0.717, 1.165) is 22.7 Å². The predicted octanol–water partition coefficient (Wildman–Crippen LogP) is 15.0. The molecule has 3 nitrogen and oxygen atoms in total. The molecule has 0 aliphatic carbocycles. The number of anilines is 6. The summed E-state index contributed by atoms with van der Waals surface area (Å²) < 4.78 is 2.69. The van der Waals surface area contributed by atoms with Gasteiger partial charge >= 0.3 is 6.85 Å². The molecule has 0 N–H and O–H groups in total. The second-order valence-corrected chi connectivity index (χ2v) is 18.5. The summed E-state index contributed by atoms with van der Waals surface area (Å²) in [4.78, 5) is 5.00. The van der Waals surface area contributed by atoms with Gasteiger partial charge in [-0.25, -0.2) is 0 Å². The van der Waals surface area contributed by atoms with Crippen molar-refractivity contribution in [1.29, 1.82) is 0 Å². The largest absolute Gasteiger partial charge is 0.375 e. The number of hydrogen-bond acceptors (Lipinski definition) is 2. The van der Waals surface area contributed by atoms with Crippen molar-refractivity contribution in [3.63, 3.8) is 0 Å². The number of fused-ring (bicyclic) bond motifs is 11. The van der Waals surface area contributed by atoms with Crippen LogP contribution in [0.25, 0.3) is 65.6 Å². The average molecular weight is 818 g/mol. The van der Waals surface area contributed by atoms with Crippen LogP contribution < -0.4 is 20.7 Å². The van der Waals surface area contributed by atoms with Crippen LogP contribution in [0.3, 0.4) is 0 Å². The van der Waals surface area contributed by atoms with Gasteiger partial charge in [-0.05, 0) is 115 Å². The number of para-hydroxylation sites is 3. The van der Waals surface area contributed by atoms with Gasteiger partial charge in [-0.15, -0.1) is 0 Å². The van der Waals surface area contributed by atoms with Crippen LogP contribution in [-0.4, -0.2) is 11.3 Å². The summed E-state index contributed by atoms with van der Waals surface area (Å²) in [5, 5.41) is 7.68. The molecule has 302 valence electrons. The lowest BCUT2D eigenvalue weighted by atomic mass is 9.44. The number of benzene rings is 10. The lowest BCUT2D eigenvalue weighted by molar-refractivity contribution is 0.590. The van der Waals surface area contributed by atoms with Gasteiger partial charge in [0.05, 0.1) is 5.69 Å². The predicted molar refractivity (Wildman–Crippen MR) is 274 cm³/mol. The first-order valence-electron chi connectivity index (χ1n) is 22.5. The van der Waals surface area contributed by atoms with Crippen LogP contribution in [-0.2, 0) is 5.41 Å². The minimum atomic E-state index is -0.0955. The van der Waals surface area contributed by atoms with Crippen LogP contribution in [0, 0.1) is 0 Å². The molecule has 0 amide bonds. The van der Waals surface area contributed by atoms with Crippen molar-refractivity contribution >= 4 is 95.2 Å². The molecular weight excluding hydrogens is 773 g/mol. The van der Waals surface area contributed by atoms with Crippen molar-refractivity contribution in [1.82, 2.24) is 4.48 Å². The molecule has 0 unspecified atom stereocenters. The molecule has 0 radical (unpaired) electrons. The monoisotopic (exact) mass is 817 g/mol. The number of aromatic nitrogens is 1. The first kappa shape index (κ1) is 36.8. The highest BCUT2D eigenvalue weighted by Gasteiger charge is 2.44. The van der Waals surface area contributed by atoms with E-state index >= 15 is 0 Å². The Hall–Kier alpha value is -7.82. The molecule has 2 aliphatic heterocycles. The summed E-state index contributed by atoms with van der Waals surface area (Å²) in [5.41, 5.74) is 18.3. The summed E-state index contributed by atoms with van der Waals surface area (Å²) in [6.45, 7) is 6.85. The summed E-state index contributed by atoms with van der Waals surface area (Å²) in [6, 6.07) is 79.0. The molecule has 0 atom stereocenters. The maximum Gasteiger partial charge on any atom is 0.333 e. The van der Waals surface area contributed by atoms with Crippen molar-refractivity contribution in [3.05, 3.63) is 218 Å². The van der Waals surface area contributed by atoms with E-state index in [2.05, 4.69) is 247 Å². The minimum absolute atomic E-state index is 0.0388. The topological polar surface area (TPSA) is 11.4 Å². The standard InChI is InChI=1S/C60H44BN3/c1-60(2,3)42-31-35-52(50(37-42)39-18-7-4-8-19-39)63-54-38-45(62(43-22-9-5-10-23-43)44-24-11-6-12-25-44)32-33-51(54)61-58-55(63)36-41-21-14-16-27-47(41)57(58)49-29-17-28-48-56-46-26-15-13-20-40(46)30-34-53(56)64(61)59(48)49/h4-38H,1-3H3. The van der Waals surface area contributed by atoms with Crippen LogP contribution in [0.2, 0.25) is 0 Å². The summed E-state index contributed by atoms with van der Waals surface area (Å²) in [7, 11) is 0. The molecule has 0 fully saturated rings. The molecule has 3 heterocycles. The van der Waals surface area contributed by atoms with E-state index in [-0.39, 0.29) is 12.3 Å². The Balaban J connectivity index is 1.19. The SMILES string of the molecule is CC(C)(C)c1ccc(N2c3cc(N(c4ccccc4)c4ccccc4)ccc3B3c4c2cc2ccccc2c4-c2cccc4c5c6ccccc6ccc5n3c24)c(-c2ccccc2)c1. The molecule has 0 saturated carbocycles. The van der Waals surface area contributed by atoms with Crippen LogP contribution in [0.4, 0.5) is 34.1 Å². The van der Waals surface area contributed by atoms with Gasteiger partial charge in [-0.1, -0.05) is 172 Å². The average Bonchev–Trinajstić information content (AvgIpc) is 3.68. The van der Waals surface area contributed by atoms with Gasteiger partial charge in [0.25, 0.3) is 0 Å². The van der Waals surface area contributed by atoms with E-state index in [1.165, 1.54) is 93.5 Å². The highest BCUT2D eigenvalue weighted by molar-refractivity contribution is 6.90. The molecule has 0 spiro atoms. The van der Waals surface area contributed by atoms with E-state index in [9.17, 15) is 0 Å². The van der Waals surface area contributed by atoms with Crippen LogP contribution in [0.5, 0.6) is 0 Å². The van der Waals surface area contributed by atoms with E-state index in [4.69, 9.17) is 0 Å². The lowest BCUT2D eigenvalue weighted by Crippen LogP contribution is -2.56. The molecule has 2 aliphatic rings. The zero-order valence-corrected chi connectivity index (χ0v) is 36.1. The second-order valence-electron chi connectivity index (χ2n) is 18.5. The molecule has 11 aromatic rings. The highest BCUT2D eigenvalue weighted by Crippen LogP contribution is 2.51. The van der Waals surface area contributed by atoms with Crippen molar-refractivity contribution in [2.24, 2.45) is 0 Å². The molecule has 10 aromatic carbocycles. The van der Waals surface area contributed by atoms with E-state index in [1.807, 2.05) is 0 Å². The summed E-state index contributed by atoms with van der Waals surface area (Å²) in [6.07, 6.45) is 0. The smallest absolute Gasteiger partial charge is 0.333 e. The van der Waals surface area contributed by atoms with Crippen molar-refractivity contribution in [3.8, 4) is 22.3 Å². The van der Waals surface area contributed by atoms with Crippen molar-refractivity contribution in [2.75, 3.05) is 9.80 Å². The fourth-order valence-corrected chi connectivity index (χ4v) is 11.0. The number of rotatable bonds is 5. The maximum absolute atomic E-state index is 2.69. The van der Waals surface area contributed by atoms with Crippen molar-refractivity contribution < 1.29 is 0 Å². The second kappa shape index (κ2) is 13.8. The normalized spacial score (nSPS) is 12.9. The lowest BCUT2D eigenvalue weighted by Gasteiger charge is -2.42. The van der Waals surface area contributed by atoms with Gasteiger partial charge in [-0.2, -0.15) is 0 Å². The van der Waals surface area contributed by atoms with E-state index in [0.29, 0.717) is 0 Å². The van der Waals surface area contributed by atoms with Gasteiger partial charge in [0.1, 0.15) is 0 Å². The number of hydrogen-bond donors (Lipinski definition) is 0. The van der Waals surface area contributed by atoms with Crippen molar-refractivity contribution in [2.45, 2.75) is 26.2 Å². The molecule has 4 heteroatoms. The van der Waals surface area contributed by atoms with Gasteiger partial charge in [0.15, 0.2) is 0 Å². The summed E-state index contributed by atoms with van der Waals surface area (Å²) >= 11 is 0. The van der Waals surface area contributed by atoms with E-state index in [1.54, 1.807) is 0 Å². The maximum atomic E-state index is 2.69. The zero-order chi connectivity index (χ0) is 42.7. The van der Waals surface area contributed by atoms with Gasteiger partial charge in [0.2, 0.25) is 0 Å². The van der Waals surface area contributed by atoms with Gasteiger partial charge in [0, 0.05) is 61.4 Å². The highest BCUT2D eigenvalue weighted by atomic mass is 15.2. The quantitative estimate of drug-likeness (QED) is 0.160. The van der Waals surface area contributed by atoms with Crippen LogP contribution in [0.15, 0.2) is 212 Å². The molecule has 0 saturated heterocycles. The Kier molecular flexibility index (Phi) is 7.96. The first-order chi connectivity index (χ1) is 31.4. The third kappa shape index (κ3) is 5.35. The Morgan fingerprint density at radius 2 is 1.11 bits per heavy atom. The Morgan fingerprint density at radius 1 is 0.453 bits per heavy atom. The third-order valence-electron chi connectivity index (χ3n) is 13.8. The Morgan fingerprint density at radius 3 is 1.84 bits per heavy atom. The van der Waals surface area contributed by atoms with E-state index < -0.39 is 0 Å². The number of nitrogens with zero attached hydrogens (tertiary/aromatic N) is 3. The molecule has 64 heavy (non-hydrogen) atoms. The fourth-order valence-electron chi connectivity index (χ4n) is 11.0. The minimum Gasteiger partial charge on any atom is -0.375 e. The molecule has 13 rings (SSSR count). The van der Waals surface area contributed by atoms with Crippen LogP contribution >= 0.6 is 0 Å². The molecule has 0 bridgehead atoms. The third-order valence-corrected chi connectivity index (χ3v) is 13.8. The van der Waals surface area contributed by atoms with Gasteiger partial charge < -0.3 is 14.3 Å².